The Morgan fingerprint density at radius 2 is 2.04 bits per heavy atom. The molecule has 1 amide bonds. The fourth-order valence-electron chi connectivity index (χ4n) is 3.79. The highest BCUT2D eigenvalue weighted by molar-refractivity contribution is 5.90. The molecule has 144 valence electrons. The van der Waals surface area contributed by atoms with E-state index in [1.807, 2.05) is 13.8 Å². The number of anilines is 1. The Hall–Kier alpha value is -1.73. The van der Waals surface area contributed by atoms with Crippen molar-refractivity contribution in [1.29, 1.82) is 0 Å². The molecular formula is C19H31N5O2. The highest BCUT2D eigenvalue weighted by Crippen LogP contribution is 2.35. The van der Waals surface area contributed by atoms with Crippen LogP contribution in [-0.4, -0.2) is 70.8 Å². The first-order chi connectivity index (χ1) is 12.2. The van der Waals surface area contributed by atoms with Crippen molar-refractivity contribution in [2.75, 3.05) is 32.1 Å². The van der Waals surface area contributed by atoms with Crippen LogP contribution in [0.1, 0.15) is 54.5 Å². The van der Waals surface area contributed by atoms with Gasteiger partial charge in [0.05, 0.1) is 5.60 Å². The van der Waals surface area contributed by atoms with E-state index in [9.17, 15) is 9.90 Å². The number of amides is 1. The maximum atomic E-state index is 12.3. The van der Waals surface area contributed by atoms with Crippen molar-refractivity contribution < 1.29 is 9.90 Å². The smallest absolute Gasteiger partial charge is 0.291 e. The first-order valence-electron chi connectivity index (χ1n) is 9.51. The Bertz CT molecular complexity index is 687. The summed E-state index contributed by atoms with van der Waals surface area (Å²) < 4.78 is 0. The predicted octanol–water partition coefficient (Wildman–Crippen LogP) is 1.27. The minimum atomic E-state index is -0.542. The lowest BCUT2D eigenvalue weighted by Crippen LogP contribution is -2.56. The van der Waals surface area contributed by atoms with Gasteiger partial charge in [-0.3, -0.25) is 4.79 Å². The molecular weight excluding hydrogens is 330 g/mol. The fraction of sp³-hybridized carbons (Fsp3) is 0.737. The van der Waals surface area contributed by atoms with Gasteiger partial charge in [-0.15, -0.1) is 0 Å². The Kier molecular flexibility index (Phi) is 5.21. The Balaban J connectivity index is 1.72. The summed E-state index contributed by atoms with van der Waals surface area (Å²) in [6, 6.07) is 0.414. The van der Waals surface area contributed by atoms with Gasteiger partial charge in [-0.25, -0.2) is 9.97 Å². The van der Waals surface area contributed by atoms with Gasteiger partial charge in [-0.2, -0.15) is 0 Å². The third-order valence-corrected chi connectivity index (χ3v) is 5.96. The van der Waals surface area contributed by atoms with Gasteiger partial charge in [0.1, 0.15) is 5.82 Å². The van der Waals surface area contributed by atoms with Crippen molar-refractivity contribution in [2.45, 2.75) is 64.1 Å². The minimum absolute atomic E-state index is 0.0975. The van der Waals surface area contributed by atoms with Crippen LogP contribution < -0.4 is 10.2 Å². The third-order valence-electron chi connectivity index (χ3n) is 5.96. The molecule has 7 heteroatoms. The maximum Gasteiger partial charge on any atom is 0.291 e. The van der Waals surface area contributed by atoms with Gasteiger partial charge in [0.2, 0.25) is 5.82 Å². The lowest BCUT2D eigenvalue weighted by Gasteiger charge is -2.43. The van der Waals surface area contributed by atoms with Crippen LogP contribution in [0.4, 0.5) is 5.82 Å². The van der Waals surface area contributed by atoms with Crippen LogP contribution in [0.5, 0.6) is 0 Å². The summed E-state index contributed by atoms with van der Waals surface area (Å²) >= 11 is 0. The van der Waals surface area contributed by atoms with E-state index in [-0.39, 0.29) is 17.8 Å². The van der Waals surface area contributed by atoms with Gasteiger partial charge in [0.25, 0.3) is 5.91 Å². The van der Waals surface area contributed by atoms with Gasteiger partial charge in [0, 0.05) is 50.5 Å². The van der Waals surface area contributed by atoms with Crippen LogP contribution in [-0.2, 0) is 0 Å². The highest BCUT2D eigenvalue weighted by Gasteiger charge is 2.41. The number of nitrogens with one attached hydrogen (secondary N) is 1. The molecule has 1 aromatic rings. The van der Waals surface area contributed by atoms with Crippen LogP contribution in [0.15, 0.2) is 0 Å². The molecule has 7 nitrogen and oxygen atoms in total. The number of nitrogens with zero attached hydrogens (tertiary/aromatic N) is 4. The van der Waals surface area contributed by atoms with E-state index in [1.54, 1.807) is 14.1 Å². The summed E-state index contributed by atoms with van der Waals surface area (Å²) in [6.45, 7) is 7.72. The summed E-state index contributed by atoms with van der Waals surface area (Å²) in [7, 11) is 3.42. The summed E-state index contributed by atoms with van der Waals surface area (Å²) in [6.07, 6.45) is 3.89. The molecule has 2 fully saturated rings. The largest absolute Gasteiger partial charge is 0.388 e. The summed E-state index contributed by atoms with van der Waals surface area (Å²) in [5.41, 5.74) is 1.32. The first kappa shape index (κ1) is 19.0. The lowest BCUT2D eigenvalue weighted by molar-refractivity contribution is -0.0620. The number of hydrogen-bond donors (Lipinski definition) is 2. The predicted molar refractivity (Wildman–Crippen MR) is 102 cm³/mol. The Labute approximate surface area is 155 Å². The van der Waals surface area contributed by atoms with E-state index in [0.29, 0.717) is 6.04 Å². The molecule has 1 unspecified atom stereocenters. The number of carbonyl (C=O) groups excluding carboxylic acids is 1. The summed E-state index contributed by atoms with van der Waals surface area (Å²) in [5, 5.41) is 14.1. The lowest BCUT2D eigenvalue weighted by atomic mass is 9.75. The highest BCUT2D eigenvalue weighted by atomic mass is 16.3. The number of aliphatic hydroxyl groups is 1. The van der Waals surface area contributed by atoms with E-state index >= 15 is 0 Å². The topological polar surface area (TPSA) is 81.6 Å². The normalized spacial score (nSPS) is 22.8. The van der Waals surface area contributed by atoms with E-state index in [1.165, 1.54) is 4.90 Å². The van der Waals surface area contributed by atoms with Crippen LogP contribution in [0.2, 0.25) is 0 Å². The van der Waals surface area contributed by atoms with Crippen molar-refractivity contribution in [1.82, 2.24) is 20.2 Å². The molecule has 0 aromatic carbocycles. The SMILES string of the molecule is Cc1nc(C(=O)N(C)C)nc(N2CC[C@@H](NC(C)C3(O)CCC3)C2)c1C. The summed E-state index contributed by atoms with van der Waals surface area (Å²) in [5.74, 6) is 0.924. The zero-order chi connectivity index (χ0) is 19.1. The van der Waals surface area contributed by atoms with Crippen molar-refractivity contribution >= 4 is 11.7 Å². The zero-order valence-corrected chi connectivity index (χ0v) is 16.5. The van der Waals surface area contributed by atoms with E-state index in [2.05, 4.69) is 27.1 Å². The quantitative estimate of drug-likeness (QED) is 0.822. The maximum absolute atomic E-state index is 12.3. The van der Waals surface area contributed by atoms with Crippen molar-refractivity contribution in [3.63, 3.8) is 0 Å². The van der Waals surface area contributed by atoms with Gasteiger partial charge in [0.15, 0.2) is 0 Å². The second-order valence-electron chi connectivity index (χ2n) is 8.06. The minimum Gasteiger partial charge on any atom is -0.388 e. The molecule has 2 N–H and O–H groups in total. The number of rotatable bonds is 5. The van der Waals surface area contributed by atoms with Gasteiger partial charge < -0.3 is 20.2 Å². The van der Waals surface area contributed by atoms with Crippen molar-refractivity contribution in [3.05, 3.63) is 17.1 Å². The van der Waals surface area contributed by atoms with Gasteiger partial charge in [-0.1, -0.05) is 0 Å². The van der Waals surface area contributed by atoms with Crippen LogP contribution in [0.25, 0.3) is 0 Å². The molecule has 1 saturated heterocycles. The van der Waals surface area contributed by atoms with E-state index in [4.69, 9.17) is 0 Å². The molecule has 0 bridgehead atoms. The van der Waals surface area contributed by atoms with Gasteiger partial charge >= 0.3 is 0 Å². The van der Waals surface area contributed by atoms with Crippen molar-refractivity contribution in [3.8, 4) is 0 Å². The molecule has 0 radical (unpaired) electrons. The Morgan fingerprint density at radius 1 is 1.35 bits per heavy atom. The molecule has 26 heavy (non-hydrogen) atoms. The average molecular weight is 361 g/mol. The van der Waals surface area contributed by atoms with E-state index < -0.39 is 5.60 Å². The monoisotopic (exact) mass is 361 g/mol. The zero-order valence-electron chi connectivity index (χ0n) is 16.5. The van der Waals surface area contributed by atoms with Crippen LogP contribution in [0, 0.1) is 13.8 Å². The van der Waals surface area contributed by atoms with E-state index in [0.717, 1.165) is 55.8 Å². The number of hydrogen-bond acceptors (Lipinski definition) is 6. The second-order valence-corrected chi connectivity index (χ2v) is 8.06. The molecule has 1 aliphatic carbocycles. The fourth-order valence-corrected chi connectivity index (χ4v) is 3.79. The summed E-state index contributed by atoms with van der Waals surface area (Å²) in [4.78, 5) is 24.9. The molecule has 0 spiro atoms. The standard InChI is InChI=1S/C19H31N5O2/c1-12-13(2)20-16(18(25)23(4)5)22-17(12)24-10-7-15(11-24)21-14(3)19(26)8-6-9-19/h14-15,21,26H,6-11H2,1-5H3/t14?,15-/m1/s1. The molecule has 1 aromatic heterocycles. The molecule has 1 saturated carbocycles. The number of aryl methyl sites for hydroxylation is 1. The number of carbonyl (C=O) groups is 1. The van der Waals surface area contributed by atoms with Gasteiger partial charge in [-0.05, 0) is 46.5 Å². The molecule has 1 aliphatic heterocycles. The average Bonchev–Trinajstić information content (AvgIpc) is 3.02. The second kappa shape index (κ2) is 7.12. The number of aromatic nitrogens is 2. The molecule has 2 atom stereocenters. The molecule has 3 rings (SSSR count). The van der Waals surface area contributed by atoms with Crippen LogP contribution >= 0.6 is 0 Å². The third kappa shape index (κ3) is 3.55. The molecule has 2 heterocycles. The molecule has 2 aliphatic rings. The Morgan fingerprint density at radius 3 is 2.62 bits per heavy atom. The first-order valence-corrected chi connectivity index (χ1v) is 9.51. The van der Waals surface area contributed by atoms with Crippen LogP contribution in [0.3, 0.4) is 0 Å². The van der Waals surface area contributed by atoms with Crippen molar-refractivity contribution in [2.24, 2.45) is 0 Å².